The number of rotatable bonds is 20. The second kappa shape index (κ2) is 37.9. The first-order chi connectivity index (χ1) is 59.6. The van der Waals surface area contributed by atoms with Gasteiger partial charge >= 0.3 is 0 Å². The molecule has 0 radical (unpaired) electrons. The van der Waals surface area contributed by atoms with Gasteiger partial charge < -0.3 is 87.0 Å². The Labute approximate surface area is 707 Å². The highest BCUT2D eigenvalue weighted by molar-refractivity contribution is 7.88. The maximum absolute atomic E-state index is 11.9. The number of aromatic amines is 3. The zero-order chi connectivity index (χ0) is 84.2. The summed E-state index contributed by atoms with van der Waals surface area (Å²) in [6, 6.07) is 54.4. The number of aliphatic hydroxyl groups excluding tert-OH is 1. The second-order valence-corrected chi connectivity index (χ2v) is 32.6. The molecule has 18 rings (SSSR count). The quantitative estimate of drug-likeness (QED) is 0.0551. The lowest BCUT2D eigenvalue weighted by Crippen LogP contribution is -2.49. The van der Waals surface area contributed by atoms with E-state index >= 15 is 0 Å². The Kier molecular flexibility index (Phi) is 25.8. The first-order valence-corrected chi connectivity index (χ1v) is 43.0. The van der Waals surface area contributed by atoms with Crippen LogP contribution in [0.1, 0.15) is 55.2 Å². The van der Waals surface area contributed by atoms with E-state index in [0.29, 0.717) is 126 Å². The highest BCUT2D eigenvalue weighted by atomic mass is 32.2. The predicted octanol–water partition coefficient (Wildman–Crippen LogP) is 13.6. The molecule has 6 aromatic heterocycles. The molecule has 29 heteroatoms. The van der Waals surface area contributed by atoms with Crippen LogP contribution < -0.4 is 43.1 Å². The van der Waals surface area contributed by atoms with Gasteiger partial charge in [-0.1, -0.05) is 18.2 Å². The van der Waals surface area contributed by atoms with Crippen LogP contribution >= 0.6 is 0 Å². The van der Waals surface area contributed by atoms with Crippen LogP contribution in [0.15, 0.2) is 164 Å². The number of carbonyl (C=O) groups excluding carboxylic acids is 1. The molecular weight excluding hydrogens is 1570 g/mol. The largest absolute Gasteiger partial charge is 0.495 e. The van der Waals surface area contributed by atoms with Crippen molar-refractivity contribution in [2.75, 3.05) is 167 Å². The van der Waals surface area contributed by atoms with E-state index in [2.05, 4.69) is 105 Å². The molecular formula is C93H96N14O14S. The number of amides is 1. The van der Waals surface area contributed by atoms with Gasteiger partial charge in [0, 0.05) is 206 Å². The Morgan fingerprint density at radius 1 is 0.410 bits per heavy atom. The van der Waals surface area contributed by atoms with Gasteiger partial charge in [0.1, 0.15) is 77.6 Å². The predicted molar refractivity (Wildman–Crippen MR) is 466 cm³/mol. The summed E-state index contributed by atoms with van der Waals surface area (Å²) in [4.78, 5) is 44.8. The smallest absolute Gasteiger partial charge is 0.248 e. The molecule has 0 bridgehead atoms. The molecule has 628 valence electrons. The lowest BCUT2D eigenvalue weighted by Gasteiger charge is -2.36. The molecule has 6 aliphatic heterocycles. The molecule has 122 heavy (non-hydrogen) atoms. The van der Waals surface area contributed by atoms with E-state index in [9.17, 15) is 29.0 Å². The summed E-state index contributed by atoms with van der Waals surface area (Å²) in [6.07, 6.45) is 11.6. The van der Waals surface area contributed by atoms with Gasteiger partial charge in [-0.2, -0.15) is 20.1 Å². The summed E-state index contributed by atoms with van der Waals surface area (Å²) in [5.41, 5.74) is 17.9. The molecule has 0 saturated carbocycles. The van der Waals surface area contributed by atoms with Crippen molar-refractivity contribution < 1.29 is 65.7 Å². The topological polar surface area (TPSA) is 337 Å². The Morgan fingerprint density at radius 2 is 0.721 bits per heavy atom. The third-order valence-electron chi connectivity index (χ3n) is 23.1. The number of piperazine rings is 2. The number of ether oxygens (including phenoxy) is 10. The summed E-state index contributed by atoms with van der Waals surface area (Å²) in [7, 11) is 1.81. The Bertz CT molecular complexity index is 6010. The number of sulfonamides is 1. The van der Waals surface area contributed by atoms with Crippen LogP contribution in [0.25, 0.3) is 100 Å². The molecule has 0 spiro atoms. The Hall–Kier alpha value is -12.8. The number of nitriles is 3. The lowest BCUT2D eigenvalue weighted by molar-refractivity contribution is -0.134. The minimum Gasteiger partial charge on any atom is -0.495 e. The van der Waals surface area contributed by atoms with Crippen molar-refractivity contribution in [3.8, 4) is 120 Å². The van der Waals surface area contributed by atoms with E-state index in [1.54, 1.807) is 44.8 Å². The summed E-state index contributed by atoms with van der Waals surface area (Å²) >= 11 is 0. The number of morpholine rings is 1. The molecule has 12 heterocycles. The Morgan fingerprint density at radius 3 is 1.03 bits per heavy atom. The van der Waals surface area contributed by atoms with Gasteiger partial charge in [-0.3, -0.25) is 19.7 Å². The van der Waals surface area contributed by atoms with Crippen LogP contribution in [-0.4, -0.2) is 229 Å². The molecule has 28 nitrogen and oxygen atoms in total. The molecule has 0 aliphatic carbocycles. The number of pyridine rings is 3. The summed E-state index contributed by atoms with van der Waals surface area (Å²) in [6.45, 7) is 11.2. The van der Waals surface area contributed by atoms with E-state index in [0.717, 1.165) is 199 Å². The summed E-state index contributed by atoms with van der Waals surface area (Å²) in [5.74, 6) is 3.83. The van der Waals surface area contributed by atoms with Gasteiger partial charge in [0.15, 0.2) is 0 Å². The molecule has 4 N–H and O–H groups in total. The number of H-pyrrole nitrogens is 3. The number of hydrogen-bond acceptors (Lipinski definition) is 23. The Balaban J connectivity index is 0.000000136. The zero-order valence-electron chi connectivity index (χ0n) is 68.6. The second-order valence-electron chi connectivity index (χ2n) is 30.6. The first kappa shape index (κ1) is 82.9. The minimum absolute atomic E-state index is 0.0472. The van der Waals surface area contributed by atoms with Crippen LogP contribution in [0, 0.1) is 34.0 Å². The van der Waals surface area contributed by atoms with E-state index in [-0.39, 0.29) is 24.2 Å². The fourth-order valence-corrected chi connectivity index (χ4v) is 17.3. The molecule has 6 saturated heterocycles. The number of nitrogens with one attached hydrogen (secondary N) is 3. The summed E-state index contributed by atoms with van der Waals surface area (Å²) < 4.78 is 82.8. The third kappa shape index (κ3) is 18.6. The normalized spacial score (nSPS) is 16.4. The number of aliphatic hydroxyl groups is 1. The molecule has 0 unspecified atom stereocenters. The zero-order valence-corrected chi connectivity index (χ0v) is 69.4. The van der Waals surface area contributed by atoms with E-state index in [1.807, 2.05) is 103 Å². The number of methoxy groups -OCH3 is 3. The number of nitrogens with zero attached hydrogens (tertiary/aromatic N) is 11. The molecule has 6 aromatic carbocycles. The van der Waals surface area contributed by atoms with Gasteiger partial charge in [0.05, 0.1) is 131 Å². The number of anilines is 3. The van der Waals surface area contributed by atoms with Gasteiger partial charge in [-0.25, -0.2) is 8.42 Å². The van der Waals surface area contributed by atoms with Crippen molar-refractivity contribution in [1.82, 2.24) is 39.1 Å². The average Bonchev–Trinajstić information content (AvgIpc) is 1.63. The van der Waals surface area contributed by atoms with Crippen molar-refractivity contribution in [3.63, 3.8) is 0 Å². The van der Waals surface area contributed by atoms with E-state index in [4.69, 9.17) is 52.5 Å². The molecule has 1 amide bonds. The van der Waals surface area contributed by atoms with Crippen molar-refractivity contribution in [3.05, 3.63) is 181 Å². The fraction of sp³-hybridized carbons (Fsp3) is 0.344. The molecule has 6 fully saturated rings. The molecule has 0 atom stereocenters. The third-order valence-corrected chi connectivity index (χ3v) is 24.4. The van der Waals surface area contributed by atoms with Crippen molar-refractivity contribution in [2.24, 2.45) is 0 Å². The average molecular weight is 1670 g/mol. The fourth-order valence-electron chi connectivity index (χ4n) is 16.5. The van der Waals surface area contributed by atoms with Gasteiger partial charge in [0.25, 0.3) is 0 Å². The van der Waals surface area contributed by atoms with Crippen molar-refractivity contribution in [1.29, 1.82) is 15.8 Å². The molecule has 6 aliphatic rings. The van der Waals surface area contributed by atoms with E-state index < -0.39 is 16.6 Å². The number of carbonyl (C=O) groups is 1. The maximum atomic E-state index is 11.9. The van der Waals surface area contributed by atoms with Crippen molar-refractivity contribution >= 4 is 65.7 Å². The van der Waals surface area contributed by atoms with Crippen LogP contribution in [0.3, 0.4) is 0 Å². The first-order valence-electron chi connectivity index (χ1n) is 41.2. The highest BCUT2D eigenvalue weighted by Gasteiger charge is 2.29. The number of fused-ring (bicyclic) bond motifs is 3. The highest BCUT2D eigenvalue weighted by Crippen LogP contribution is 2.43. The van der Waals surface area contributed by atoms with Crippen LogP contribution in [0.2, 0.25) is 0 Å². The van der Waals surface area contributed by atoms with Crippen LogP contribution in [0.4, 0.5) is 17.1 Å². The van der Waals surface area contributed by atoms with Crippen LogP contribution in [0.5, 0.6) is 34.5 Å². The number of benzene rings is 6. The number of aromatic nitrogens is 6. The standard InChI is InChI=1S/C32H33N5O5.C31H33N5O5S.C30H30N4O4/c1-40-30-17-21(2-4-28(30)36-10-12-37(13-11-36)31(39)20-38)27-18-25-26(35-27)6-9-34-32(25)22-3-5-29(23(16-22)19-33)42-24-7-14-41-15-8-24;1-39-30-18-21(3-5-28(30)35-11-13-36(14-12-35)42(2,37)38)27-19-25-26(34-27)7-10-33-31(25)22-4-6-29(23(17-22)20-32)41-24-8-15-40-16-9-24;1-35-29-17-20(2-4-27(29)34-10-14-37-15-11-34)26-18-24-25(33-26)6-9-32-30(24)21-3-5-28(22(16-21)19-31)38-23-7-12-36-13-8-23/h2-6,9,16-18,24,35,38H,7-8,10-15,20H2,1H3;3-7,10,17-19,24,34H,8-9,11-16H2,1-2H3;2-6,9,16-18,23,33H,7-8,10-15H2,1H3. The van der Waals surface area contributed by atoms with Gasteiger partial charge in [0.2, 0.25) is 15.9 Å². The lowest BCUT2D eigenvalue weighted by atomic mass is 10.0. The van der Waals surface area contributed by atoms with Gasteiger partial charge in [-0.15, -0.1) is 0 Å². The van der Waals surface area contributed by atoms with Gasteiger partial charge in [-0.05, 0) is 127 Å². The number of hydrogen-bond donors (Lipinski definition) is 4. The maximum Gasteiger partial charge on any atom is 0.248 e. The van der Waals surface area contributed by atoms with E-state index in [1.165, 1.54) is 10.6 Å². The SMILES string of the molecule is COc1cc(-c2cc3c(-c4ccc(OC5CCOCC5)c(C#N)c4)nccc3[nH]2)ccc1N1CCN(C(=O)CO)CC1.COc1cc(-c2cc3c(-c4ccc(OC5CCOCC5)c(C#N)c4)nccc3[nH]2)ccc1N1CCN(S(C)(=O)=O)CC1.COc1cc(-c2cc3c(-c4ccc(OC5CCOCC5)c(C#N)c4)nccc3[nH]2)ccc1N1CCOCC1. The monoisotopic (exact) mass is 1660 g/mol. The minimum atomic E-state index is -3.20. The molecule has 12 aromatic rings. The summed E-state index contributed by atoms with van der Waals surface area (Å²) in [5, 5.41) is 41.6. The van der Waals surface area contributed by atoms with Crippen molar-refractivity contribution in [2.45, 2.75) is 56.8 Å². The van der Waals surface area contributed by atoms with Crippen LogP contribution in [-0.2, 0) is 33.8 Å².